The third-order valence-corrected chi connectivity index (χ3v) is 3.58. The molecule has 0 aliphatic heterocycles. The number of primary amides is 1. The molecule has 1 amide bonds. The number of hydrogen-bond acceptors (Lipinski definition) is 3. The summed E-state index contributed by atoms with van der Waals surface area (Å²) in [4.78, 5) is 11.1. The molecular weight excluding hydrogens is 294 g/mol. The predicted molar refractivity (Wildman–Crippen MR) is 76.8 cm³/mol. The van der Waals surface area contributed by atoms with Crippen molar-refractivity contribution < 1.29 is 4.79 Å². The molecule has 0 radical (unpaired) electrons. The van der Waals surface area contributed by atoms with E-state index in [4.69, 9.17) is 5.73 Å². The molecule has 1 aliphatic rings. The second kappa shape index (κ2) is 6.20. The highest BCUT2D eigenvalue weighted by atomic mass is 79.9. The van der Waals surface area contributed by atoms with Gasteiger partial charge in [0.1, 0.15) is 0 Å². The van der Waals surface area contributed by atoms with E-state index in [-0.39, 0.29) is 0 Å². The van der Waals surface area contributed by atoms with E-state index >= 15 is 0 Å². The molecular formula is C13H18BrN3O. The molecule has 2 rings (SSSR count). The Morgan fingerprint density at radius 2 is 2.17 bits per heavy atom. The first-order valence-corrected chi connectivity index (χ1v) is 7.03. The van der Waals surface area contributed by atoms with Crippen molar-refractivity contribution in [2.75, 3.05) is 18.4 Å². The zero-order valence-electron chi connectivity index (χ0n) is 10.2. The zero-order chi connectivity index (χ0) is 13.0. The van der Waals surface area contributed by atoms with Crippen LogP contribution in [0.15, 0.2) is 22.7 Å². The Morgan fingerprint density at radius 1 is 1.39 bits per heavy atom. The Labute approximate surface area is 115 Å². The molecule has 18 heavy (non-hydrogen) atoms. The normalized spacial score (nSPS) is 14.5. The Kier molecular flexibility index (Phi) is 4.60. The van der Waals surface area contributed by atoms with Crippen LogP contribution in [0.4, 0.5) is 5.69 Å². The largest absolute Gasteiger partial charge is 0.385 e. The van der Waals surface area contributed by atoms with Crippen LogP contribution >= 0.6 is 15.9 Å². The van der Waals surface area contributed by atoms with Gasteiger partial charge in [-0.3, -0.25) is 4.79 Å². The lowest BCUT2D eigenvalue weighted by Crippen LogP contribution is -2.20. The van der Waals surface area contributed by atoms with Crippen LogP contribution in [0, 0.1) is 0 Å². The first-order chi connectivity index (χ1) is 8.66. The second-order valence-electron chi connectivity index (χ2n) is 4.57. The molecule has 5 heteroatoms. The van der Waals surface area contributed by atoms with E-state index in [2.05, 4.69) is 26.6 Å². The lowest BCUT2D eigenvalue weighted by atomic mass is 10.2. The van der Waals surface area contributed by atoms with Gasteiger partial charge < -0.3 is 16.4 Å². The summed E-state index contributed by atoms with van der Waals surface area (Å²) in [5.41, 5.74) is 6.75. The molecule has 0 heterocycles. The van der Waals surface area contributed by atoms with Gasteiger partial charge in [-0.15, -0.1) is 0 Å². The van der Waals surface area contributed by atoms with Gasteiger partial charge in [-0.05, 0) is 59.9 Å². The van der Waals surface area contributed by atoms with E-state index in [1.54, 1.807) is 6.07 Å². The molecule has 1 saturated carbocycles. The maximum atomic E-state index is 11.1. The number of amides is 1. The summed E-state index contributed by atoms with van der Waals surface area (Å²) in [6, 6.07) is 6.26. The summed E-state index contributed by atoms with van der Waals surface area (Å²) in [6.45, 7) is 1.97. The van der Waals surface area contributed by atoms with Gasteiger partial charge in [0, 0.05) is 22.7 Å². The van der Waals surface area contributed by atoms with Crippen molar-refractivity contribution in [2.24, 2.45) is 5.73 Å². The highest BCUT2D eigenvalue weighted by Crippen LogP contribution is 2.21. The lowest BCUT2D eigenvalue weighted by Gasteiger charge is -2.08. The molecule has 4 nitrogen and oxygen atoms in total. The van der Waals surface area contributed by atoms with Crippen molar-refractivity contribution >= 4 is 27.5 Å². The third-order valence-electron chi connectivity index (χ3n) is 2.93. The van der Waals surface area contributed by atoms with Gasteiger partial charge in [-0.25, -0.2) is 0 Å². The summed E-state index contributed by atoms with van der Waals surface area (Å²) in [7, 11) is 0. The number of anilines is 1. The van der Waals surface area contributed by atoms with Crippen molar-refractivity contribution in [1.82, 2.24) is 5.32 Å². The Bertz CT molecular complexity index is 432. The summed E-state index contributed by atoms with van der Waals surface area (Å²) in [5, 5.41) is 6.79. The van der Waals surface area contributed by atoms with Gasteiger partial charge in [-0.2, -0.15) is 0 Å². The van der Waals surface area contributed by atoms with Crippen molar-refractivity contribution in [3.63, 3.8) is 0 Å². The molecule has 0 aromatic heterocycles. The van der Waals surface area contributed by atoms with E-state index in [9.17, 15) is 4.79 Å². The number of halogens is 1. The van der Waals surface area contributed by atoms with E-state index in [0.717, 1.165) is 35.7 Å². The van der Waals surface area contributed by atoms with Crippen LogP contribution < -0.4 is 16.4 Å². The smallest absolute Gasteiger partial charge is 0.249 e. The summed E-state index contributed by atoms with van der Waals surface area (Å²) in [6.07, 6.45) is 3.75. The molecule has 0 saturated heterocycles. The minimum Gasteiger partial charge on any atom is -0.385 e. The number of carbonyl (C=O) groups is 1. The van der Waals surface area contributed by atoms with Crippen LogP contribution in [0.1, 0.15) is 29.6 Å². The highest BCUT2D eigenvalue weighted by molar-refractivity contribution is 9.10. The molecule has 1 aliphatic carbocycles. The summed E-state index contributed by atoms with van der Waals surface area (Å²) < 4.78 is 0.733. The van der Waals surface area contributed by atoms with Gasteiger partial charge >= 0.3 is 0 Å². The quantitative estimate of drug-likeness (QED) is 0.676. The molecule has 0 bridgehead atoms. The second-order valence-corrected chi connectivity index (χ2v) is 5.42. The van der Waals surface area contributed by atoms with Crippen molar-refractivity contribution in [1.29, 1.82) is 0 Å². The predicted octanol–water partition coefficient (Wildman–Crippen LogP) is 2.10. The fourth-order valence-corrected chi connectivity index (χ4v) is 2.31. The number of rotatable bonds is 7. The average Bonchev–Trinajstić information content (AvgIpc) is 3.12. The topological polar surface area (TPSA) is 67.2 Å². The van der Waals surface area contributed by atoms with Crippen LogP contribution in [0.5, 0.6) is 0 Å². The number of benzene rings is 1. The molecule has 4 N–H and O–H groups in total. The van der Waals surface area contributed by atoms with Gasteiger partial charge in [0.2, 0.25) is 5.91 Å². The maximum absolute atomic E-state index is 11.1. The highest BCUT2D eigenvalue weighted by Gasteiger charge is 2.19. The molecule has 1 fully saturated rings. The molecule has 1 aromatic rings. The number of hydrogen-bond donors (Lipinski definition) is 3. The summed E-state index contributed by atoms with van der Waals surface area (Å²) in [5.74, 6) is -0.415. The zero-order valence-corrected chi connectivity index (χ0v) is 11.8. The van der Waals surface area contributed by atoms with Crippen molar-refractivity contribution in [3.8, 4) is 0 Å². The number of nitrogens with two attached hydrogens (primary N) is 1. The van der Waals surface area contributed by atoms with Crippen molar-refractivity contribution in [2.45, 2.75) is 25.3 Å². The Morgan fingerprint density at radius 3 is 2.78 bits per heavy atom. The first-order valence-electron chi connectivity index (χ1n) is 6.23. The average molecular weight is 312 g/mol. The van der Waals surface area contributed by atoms with Gasteiger partial charge in [0.25, 0.3) is 0 Å². The Balaban J connectivity index is 1.74. The van der Waals surface area contributed by atoms with E-state index < -0.39 is 5.91 Å². The number of nitrogens with one attached hydrogen (secondary N) is 2. The standard InChI is InChI=1S/C13H18BrN3O/c14-12-8-10(4-5-11(12)13(15)18)17-7-1-6-16-9-2-3-9/h4-5,8-9,16-17H,1-3,6-7H2,(H2,15,18). The monoisotopic (exact) mass is 311 g/mol. The van der Waals surface area contributed by atoms with Gasteiger partial charge in [0.15, 0.2) is 0 Å². The minimum atomic E-state index is -0.415. The molecule has 0 unspecified atom stereocenters. The van der Waals surface area contributed by atoms with Crippen LogP contribution in [0.25, 0.3) is 0 Å². The lowest BCUT2D eigenvalue weighted by molar-refractivity contribution is 0.0999. The van der Waals surface area contributed by atoms with Crippen LogP contribution in [-0.4, -0.2) is 25.0 Å². The molecule has 0 atom stereocenters. The van der Waals surface area contributed by atoms with Gasteiger partial charge in [-0.1, -0.05) is 0 Å². The van der Waals surface area contributed by atoms with E-state index in [1.165, 1.54) is 12.8 Å². The van der Waals surface area contributed by atoms with Gasteiger partial charge in [0.05, 0.1) is 5.56 Å². The fraction of sp³-hybridized carbons (Fsp3) is 0.462. The Hall–Kier alpha value is -1.07. The van der Waals surface area contributed by atoms with E-state index in [0.29, 0.717) is 5.56 Å². The van der Waals surface area contributed by atoms with Crippen LogP contribution in [0.2, 0.25) is 0 Å². The summed E-state index contributed by atoms with van der Waals surface area (Å²) >= 11 is 3.34. The fourth-order valence-electron chi connectivity index (χ4n) is 1.74. The van der Waals surface area contributed by atoms with Crippen LogP contribution in [0.3, 0.4) is 0 Å². The SMILES string of the molecule is NC(=O)c1ccc(NCCCNC2CC2)cc1Br. The first kappa shape index (κ1) is 13.4. The minimum absolute atomic E-state index is 0.415. The van der Waals surface area contributed by atoms with Crippen molar-refractivity contribution in [3.05, 3.63) is 28.2 Å². The molecule has 1 aromatic carbocycles. The van der Waals surface area contributed by atoms with E-state index in [1.807, 2.05) is 12.1 Å². The maximum Gasteiger partial charge on any atom is 0.249 e. The number of carbonyl (C=O) groups excluding carboxylic acids is 1. The third kappa shape index (κ3) is 3.99. The molecule has 98 valence electrons. The molecule has 0 spiro atoms. The van der Waals surface area contributed by atoms with Crippen LogP contribution in [-0.2, 0) is 0 Å².